The number of nitrogens with zero attached hydrogens (tertiary/aromatic N) is 3. The molecule has 6 nitrogen and oxygen atoms in total. The Labute approximate surface area is 190 Å². The van der Waals surface area contributed by atoms with Crippen LogP contribution in [0.3, 0.4) is 0 Å². The van der Waals surface area contributed by atoms with Crippen molar-refractivity contribution in [3.05, 3.63) is 70.3 Å². The van der Waals surface area contributed by atoms with Crippen LogP contribution in [0.5, 0.6) is 0 Å². The van der Waals surface area contributed by atoms with Gasteiger partial charge < -0.3 is 13.7 Å². The zero-order chi connectivity index (χ0) is 21.7. The second kappa shape index (κ2) is 7.78. The number of benzene rings is 2. The topological polar surface area (TPSA) is 72.4 Å². The summed E-state index contributed by atoms with van der Waals surface area (Å²) in [6.45, 7) is 0.315. The molecular weight excluding hydrogens is 426 g/mol. The summed E-state index contributed by atoms with van der Waals surface area (Å²) < 4.78 is 11.6. The number of halogens is 1. The van der Waals surface area contributed by atoms with Gasteiger partial charge in [-0.3, -0.25) is 4.79 Å². The fourth-order valence-corrected chi connectivity index (χ4v) is 4.65. The van der Waals surface area contributed by atoms with Crippen molar-refractivity contribution >= 4 is 28.5 Å². The molecule has 7 heteroatoms. The molecule has 2 aromatic carbocycles. The normalized spacial score (nSPS) is 15.3. The largest absolute Gasteiger partial charge is 0.464 e. The number of rotatable bonds is 6. The zero-order valence-corrected chi connectivity index (χ0v) is 18.3. The smallest absolute Gasteiger partial charge is 0.247 e. The standard InChI is InChI=1S/C25H22ClN3O3/c26-19-6-4-15(5-7-19)25-28-27-23(32-25)13-29(20-8-9-20)24(30)12-18-14-31-22-11-17-3-1-2-16(17)10-21(18)22/h4-7,10-11,14,20H,1-3,8-9,12-13H2. The van der Waals surface area contributed by atoms with Crippen LogP contribution in [0.1, 0.15) is 41.8 Å². The number of furan rings is 1. The van der Waals surface area contributed by atoms with E-state index < -0.39 is 0 Å². The van der Waals surface area contributed by atoms with E-state index in [9.17, 15) is 4.79 Å². The van der Waals surface area contributed by atoms with E-state index in [0.29, 0.717) is 29.8 Å². The van der Waals surface area contributed by atoms with Crippen molar-refractivity contribution in [3.63, 3.8) is 0 Å². The van der Waals surface area contributed by atoms with Crippen LogP contribution in [0.25, 0.3) is 22.4 Å². The van der Waals surface area contributed by atoms with Crippen LogP contribution in [-0.2, 0) is 30.6 Å². The van der Waals surface area contributed by atoms with Gasteiger partial charge in [0.15, 0.2) is 0 Å². The van der Waals surface area contributed by atoms with E-state index in [1.807, 2.05) is 17.0 Å². The molecule has 0 aliphatic heterocycles. The van der Waals surface area contributed by atoms with Crippen LogP contribution in [0, 0.1) is 0 Å². The minimum Gasteiger partial charge on any atom is -0.464 e. The maximum absolute atomic E-state index is 13.3. The number of carbonyl (C=O) groups excluding carboxylic acids is 1. The third-order valence-electron chi connectivity index (χ3n) is 6.38. The lowest BCUT2D eigenvalue weighted by Crippen LogP contribution is -2.33. The van der Waals surface area contributed by atoms with Crippen molar-refractivity contribution < 1.29 is 13.6 Å². The summed E-state index contributed by atoms with van der Waals surface area (Å²) in [5.41, 5.74) is 5.37. The molecule has 162 valence electrons. The molecule has 0 atom stereocenters. The Bertz CT molecular complexity index is 1300. The quantitative estimate of drug-likeness (QED) is 0.398. The van der Waals surface area contributed by atoms with Crippen molar-refractivity contribution in [3.8, 4) is 11.5 Å². The summed E-state index contributed by atoms with van der Waals surface area (Å²) in [7, 11) is 0. The molecule has 0 radical (unpaired) electrons. The van der Waals surface area contributed by atoms with Gasteiger partial charge in [-0.15, -0.1) is 10.2 Å². The molecule has 0 unspecified atom stereocenters. The second-order valence-electron chi connectivity index (χ2n) is 8.67. The van der Waals surface area contributed by atoms with Crippen LogP contribution < -0.4 is 0 Å². The SMILES string of the molecule is O=C(Cc1coc2cc3c(cc12)CCC3)N(Cc1nnc(-c2ccc(Cl)cc2)o1)C1CC1. The van der Waals surface area contributed by atoms with E-state index in [1.54, 1.807) is 18.4 Å². The first-order chi connectivity index (χ1) is 15.6. The number of hydrogen-bond acceptors (Lipinski definition) is 5. The maximum atomic E-state index is 13.3. The fourth-order valence-electron chi connectivity index (χ4n) is 4.53. The first-order valence-corrected chi connectivity index (χ1v) is 11.4. The fraction of sp³-hybridized carbons (Fsp3) is 0.320. The van der Waals surface area contributed by atoms with E-state index in [1.165, 1.54) is 17.5 Å². The van der Waals surface area contributed by atoms with Gasteiger partial charge in [0.1, 0.15) is 5.58 Å². The van der Waals surface area contributed by atoms with Gasteiger partial charge in [-0.1, -0.05) is 11.6 Å². The Morgan fingerprint density at radius 1 is 1.09 bits per heavy atom. The first-order valence-electron chi connectivity index (χ1n) is 11.0. The minimum atomic E-state index is 0.0574. The second-order valence-corrected chi connectivity index (χ2v) is 9.11. The van der Waals surface area contributed by atoms with Crippen molar-refractivity contribution in [1.29, 1.82) is 0 Å². The Morgan fingerprint density at radius 2 is 1.88 bits per heavy atom. The number of aryl methyl sites for hydroxylation is 2. The molecule has 1 saturated carbocycles. The Kier molecular flexibility index (Phi) is 4.76. The Balaban J connectivity index is 1.21. The van der Waals surface area contributed by atoms with Crippen LogP contribution in [0.4, 0.5) is 0 Å². The highest BCUT2D eigenvalue weighted by Crippen LogP contribution is 2.33. The maximum Gasteiger partial charge on any atom is 0.247 e. The lowest BCUT2D eigenvalue weighted by molar-refractivity contribution is -0.132. The summed E-state index contributed by atoms with van der Waals surface area (Å²) in [5, 5.41) is 10.0. The molecule has 4 aromatic rings. The monoisotopic (exact) mass is 447 g/mol. The molecule has 2 aliphatic rings. The van der Waals surface area contributed by atoms with Gasteiger partial charge >= 0.3 is 0 Å². The molecule has 1 fully saturated rings. The molecule has 1 amide bonds. The van der Waals surface area contributed by atoms with Gasteiger partial charge in [0.05, 0.1) is 19.2 Å². The van der Waals surface area contributed by atoms with E-state index >= 15 is 0 Å². The van der Waals surface area contributed by atoms with Crippen molar-refractivity contribution in [2.24, 2.45) is 0 Å². The van der Waals surface area contributed by atoms with Gasteiger partial charge in [-0.05, 0) is 79.6 Å². The summed E-state index contributed by atoms with van der Waals surface area (Å²) in [6.07, 6.45) is 7.44. The molecule has 0 N–H and O–H groups in total. The third-order valence-corrected chi connectivity index (χ3v) is 6.63. The average molecular weight is 448 g/mol. The molecule has 32 heavy (non-hydrogen) atoms. The Hall–Kier alpha value is -3.12. The van der Waals surface area contributed by atoms with Gasteiger partial charge in [0.2, 0.25) is 17.7 Å². The van der Waals surface area contributed by atoms with E-state index in [4.69, 9.17) is 20.4 Å². The summed E-state index contributed by atoms with van der Waals surface area (Å²) >= 11 is 5.95. The Morgan fingerprint density at radius 3 is 2.66 bits per heavy atom. The molecule has 0 spiro atoms. The highest BCUT2D eigenvalue weighted by atomic mass is 35.5. The summed E-state index contributed by atoms with van der Waals surface area (Å²) in [6, 6.07) is 11.8. The van der Waals surface area contributed by atoms with Crippen LogP contribution >= 0.6 is 11.6 Å². The molecule has 0 bridgehead atoms. The number of fused-ring (bicyclic) bond motifs is 2. The molecule has 2 heterocycles. The average Bonchev–Trinajstić information content (AvgIpc) is 3.18. The van der Waals surface area contributed by atoms with Gasteiger partial charge in [0.25, 0.3) is 0 Å². The van der Waals surface area contributed by atoms with Crippen molar-refractivity contribution in [1.82, 2.24) is 15.1 Å². The third kappa shape index (κ3) is 3.69. The van der Waals surface area contributed by atoms with Crippen LogP contribution in [-0.4, -0.2) is 27.0 Å². The molecule has 0 saturated heterocycles. The molecule has 2 aromatic heterocycles. The highest BCUT2D eigenvalue weighted by Gasteiger charge is 2.34. The summed E-state index contributed by atoms with van der Waals surface area (Å²) in [4.78, 5) is 15.1. The van der Waals surface area contributed by atoms with E-state index in [0.717, 1.165) is 47.8 Å². The van der Waals surface area contributed by atoms with Crippen molar-refractivity contribution in [2.45, 2.75) is 51.1 Å². The predicted octanol–water partition coefficient (Wildman–Crippen LogP) is 5.36. The van der Waals surface area contributed by atoms with Gasteiger partial charge in [-0.25, -0.2) is 0 Å². The zero-order valence-electron chi connectivity index (χ0n) is 17.5. The number of hydrogen-bond donors (Lipinski definition) is 0. The van der Waals surface area contributed by atoms with E-state index in [2.05, 4.69) is 22.3 Å². The molecule has 2 aliphatic carbocycles. The van der Waals surface area contributed by atoms with Crippen LogP contribution in [0.2, 0.25) is 5.02 Å². The van der Waals surface area contributed by atoms with Gasteiger partial charge in [0, 0.05) is 27.6 Å². The first kappa shape index (κ1) is 19.6. The van der Waals surface area contributed by atoms with Gasteiger partial charge in [-0.2, -0.15) is 0 Å². The lowest BCUT2D eigenvalue weighted by atomic mass is 10.0. The minimum absolute atomic E-state index is 0.0574. The number of amides is 1. The van der Waals surface area contributed by atoms with Crippen LogP contribution in [0.15, 0.2) is 51.5 Å². The predicted molar refractivity (Wildman–Crippen MR) is 120 cm³/mol. The van der Waals surface area contributed by atoms with Crippen molar-refractivity contribution in [2.75, 3.05) is 0 Å². The number of carbonyl (C=O) groups is 1. The molecule has 6 rings (SSSR count). The highest BCUT2D eigenvalue weighted by molar-refractivity contribution is 6.30. The lowest BCUT2D eigenvalue weighted by Gasteiger charge is -2.20. The summed E-state index contributed by atoms with van der Waals surface area (Å²) in [5.74, 6) is 0.918. The van der Waals surface area contributed by atoms with E-state index in [-0.39, 0.29) is 11.9 Å². The number of aromatic nitrogens is 2. The molecular formula is C25H22ClN3O3.